The molecule has 3 rings (SSSR count). The molecule has 34 heavy (non-hydrogen) atoms. The summed E-state index contributed by atoms with van der Waals surface area (Å²) in [5, 5.41) is 19.4. The molecule has 1 saturated heterocycles. The molecule has 182 valence electrons. The topological polar surface area (TPSA) is 124 Å². The van der Waals surface area contributed by atoms with Crippen molar-refractivity contribution >= 4 is 14.2 Å². The zero-order valence-corrected chi connectivity index (χ0v) is 21.1. The van der Waals surface area contributed by atoms with Crippen molar-refractivity contribution in [1.29, 1.82) is 5.26 Å². The molecule has 10 heteroatoms. The normalized spacial score (nSPS) is 23.0. The maximum absolute atomic E-state index is 13.3. The molecule has 4 atom stereocenters. The summed E-state index contributed by atoms with van der Waals surface area (Å²) in [4.78, 5) is 38.8. The average Bonchev–Trinajstić information content (AvgIpc) is 3.10. The highest BCUT2D eigenvalue weighted by Crippen LogP contribution is 2.44. The van der Waals surface area contributed by atoms with Gasteiger partial charge in [-0.2, -0.15) is 9.83 Å². The summed E-state index contributed by atoms with van der Waals surface area (Å²) in [6.07, 6.45) is -1.13. The fourth-order valence-electron chi connectivity index (χ4n) is 3.80. The molecular formula is C24H31N3O6Si. The van der Waals surface area contributed by atoms with Crippen molar-refractivity contribution in [3.63, 3.8) is 0 Å². The molecular weight excluding hydrogens is 454 g/mol. The third-order valence-electron chi connectivity index (χ3n) is 6.72. The number of aliphatic hydroxyl groups excluding tert-OH is 1. The van der Waals surface area contributed by atoms with Gasteiger partial charge in [0.2, 0.25) is 0 Å². The molecule has 2 aromatic rings. The highest BCUT2D eigenvalue weighted by Gasteiger charge is 2.50. The lowest BCUT2D eigenvalue weighted by molar-refractivity contribution is -0.0468. The molecule has 2 heterocycles. The number of aromatic nitrogens is 2. The lowest BCUT2D eigenvalue weighted by atomic mass is 9.97. The molecule has 0 radical (unpaired) electrons. The summed E-state index contributed by atoms with van der Waals surface area (Å²) in [5.74, 6) is -1.35. The van der Waals surface area contributed by atoms with Gasteiger partial charge in [0.05, 0.1) is 18.8 Å². The smallest absolute Gasteiger partial charge is 0.340 e. The van der Waals surface area contributed by atoms with E-state index in [1.807, 2.05) is 0 Å². The van der Waals surface area contributed by atoms with Gasteiger partial charge in [0.25, 0.3) is 11.5 Å². The molecule has 0 unspecified atom stereocenters. The molecule has 0 aliphatic carbocycles. The fraction of sp³-hybridized carbons (Fsp3) is 0.500. The van der Waals surface area contributed by atoms with Crippen LogP contribution in [0.4, 0.5) is 0 Å². The van der Waals surface area contributed by atoms with Gasteiger partial charge in [0.1, 0.15) is 12.3 Å². The van der Waals surface area contributed by atoms with Crippen LogP contribution in [0.15, 0.2) is 52.2 Å². The second-order valence-electron chi connectivity index (χ2n) is 9.97. The first-order valence-corrected chi connectivity index (χ1v) is 14.1. The minimum atomic E-state index is -2.32. The predicted octanol–water partition coefficient (Wildman–Crippen LogP) is 2.51. The van der Waals surface area contributed by atoms with Gasteiger partial charge >= 0.3 is 5.69 Å². The monoisotopic (exact) mass is 485 g/mol. The third-order valence-corrected chi connectivity index (χ3v) is 11.2. The number of ether oxygens (including phenoxy) is 1. The maximum atomic E-state index is 13.3. The van der Waals surface area contributed by atoms with Crippen LogP contribution in [0, 0.1) is 17.2 Å². The first-order chi connectivity index (χ1) is 15.9. The Labute approximate surface area is 199 Å². The van der Waals surface area contributed by atoms with Crippen molar-refractivity contribution in [3.8, 4) is 6.07 Å². The standard InChI is InChI=1S/C24H31N3O6Si/c1-24(2,3)34(4,5)33-20-17(11-13-25)22(32-18(20)15-28)26-14-12-19(29)27(23(26)31)21(30)16-9-7-6-8-10-16/h6-10,12,14,17-18,20,22,28H,11,15H2,1-5H3/t17-,18-,20+,22-/m1/s1. The van der Waals surface area contributed by atoms with Crippen LogP contribution in [0.2, 0.25) is 18.1 Å². The lowest BCUT2D eigenvalue weighted by Crippen LogP contribution is -2.48. The largest absolute Gasteiger partial charge is 0.411 e. The Morgan fingerprint density at radius 2 is 1.85 bits per heavy atom. The van der Waals surface area contributed by atoms with E-state index in [0.29, 0.717) is 4.57 Å². The number of rotatable bonds is 6. The third kappa shape index (κ3) is 4.83. The number of hydrogen-bond donors (Lipinski definition) is 1. The minimum absolute atomic E-state index is 0.00134. The first-order valence-electron chi connectivity index (χ1n) is 11.2. The van der Waals surface area contributed by atoms with Gasteiger partial charge in [-0.15, -0.1) is 0 Å². The molecule has 1 aromatic carbocycles. The van der Waals surface area contributed by atoms with Crippen LogP contribution >= 0.6 is 0 Å². The van der Waals surface area contributed by atoms with E-state index in [4.69, 9.17) is 9.16 Å². The summed E-state index contributed by atoms with van der Waals surface area (Å²) in [6, 6.07) is 11.3. The van der Waals surface area contributed by atoms with Crippen molar-refractivity contribution in [3.05, 3.63) is 69.0 Å². The number of carbonyl (C=O) groups excluding carboxylic acids is 1. The second-order valence-corrected chi connectivity index (χ2v) is 14.7. The highest BCUT2D eigenvalue weighted by molar-refractivity contribution is 6.74. The van der Waals surface area contributed by atoms with E-state index in [0.717, 1.165) is 10.6 Å². The van der Waals surface area contributed by atoms with Gasteiger partial charge in [-0.1, -0.05) is 39.0 Å². The molecule has 1 fully saturated rings. The van der Waals surface area contributed by atoms with Crippen molar-refractivity contribution in [1.82, 2.24) is 9.13 Å². The Morgan fingerprint density at radius 1 is 1.21 bits per heavy atom. The van der Waals surface area contributed by atoms with Crippen molar-refractivity contribution in [2.45, 2.75) is 63.8 Å². The molecule has 9 nitrogen and oxygen atoms in total. The Morgan fingerprint density at radius 3 is 2.41 bits per heavy atom. The Bertz CT molecular complexity index is 1190. The van der Waals surface area contributed by atoms with E-state index in [-0.39, 0.29) is 23.6 Å². The van der Waals surface area contributed by atoms with Crippen molar-refractivity contribution in [2.75, 3.05) is 6.61 Å². The van der Waals surface area contributed by atoms with E-state index >= 15 is 0 Å². The number of nitriles is 1. The van der Waals surface area contributed by atoms with Gasteiger partial charge in [0, 0.05) is 30.2 Å². The number of benzene rings is 1. The van der Waals surface area contributed by atoms with Crippen molar-refractivity contribution < 1.29 is 19.1 Å². The van der Waals surface area contributed by atoms with Crippen LogP contribution < -0.4 is 11.2 Å². The van der Waals surface area contributed by atoms with Gasteiger partial charge in [-0.3, -0.25) is 14.2 Å². The Balaban J connectivity index is 2.07. The van der Waals surface area contributed by atoms with E-state index < -0.39 is 49.8 Å². The zero-order valence-electron chi connectivity index (χ0n) is 20.1. The lowest BCUT2D eigenvalue weighted by Gasteiger charge is -2.40. The molecule has 1 aliphatic rings. The second kappa shape index (κ2) is 9.80. The predicted molar refractivity (Wildman–Crippen MR) is 128 cm³/mol. The quantitative estimate of drug-likeness (QED) is 0.624. The van der Waals surface area contributed by atoms with Gasteiger partial charge < -0.3 is 14.3 Å². The van der Waals surface area contributed by atoms with Crippen LogP contribution in [0.25, 0.3) is 0 Å². The van der Waals surface area contributed by atoms with Crippen LogP contribution in [-0.4, -0.2) is 47.3 Å². The van der Waals surface area contributed by atoms with Crippen LogP contribution in [-0.2, 0) is 9.16 Å². The summed E-state index contributed by atoms with van der Waals surface area (Å²) >= 11 is 0. The minimum Gasteiger partial charge on any atom is -0.411 e. The molecule has 0 bridgehead atoms. The summed E-state index contributed by atoms with van der Waals surface area (Å²) in [6.45, 7) is 9.99. The van der Waals surface area contributed by atoms with Crippen LogP contribution in [0.3, 0.4) is 0 Å². The SMILES string of the molecule is CC(C)(C)[Si](C)(C)O[C@H]1[C@@H](CC#N)[C@H](n2ccc(=O)n(C(=O)c3ccccc3)c2=O)O[C@@H]1CO. The Kier molecular flexibility index (Phi) is 7.43. The van der Waals surface area contributed by atoms with Gasteiger partial charge in [-0.05, 0) is 30.3 Å². The van der Waals surface area contributed by atoms with E-state index in [1.165, 1.54) is 18.3 Å². The summed E-state index contributed by atoms with van der Waals surface area (Å²) < 4.78 is 14.3. The van der Waals surface area contributed by atoms with E-state index in [1.54, 1.807) is 18.2 Å². The number of aliphatic hydroxyl groups is 1. The molecule has 1 aromatic heterocycles. The van der Waals surface area contributed by atoms with Crippen LogP contribution in [0.1, 0.15) is 43.8 Å². The highest BCUT2D eigenvalue weighted by atomic mass is 28.4. The first kappa shape index (κ1) is 25.8. The number of hydrogen-bond acceptors (Lipinski definition) is 7. The average molecular weight is 486 g/mol. The maximum Gasteiger partial charge on any atom is 0.340 e. The fourth-order valence-corrected chi connectivity index (χ4v) is 5.16. The molecule has 1 N–H and O–H groups in total. The van der Waals surface area contributed by atoms with Crippen molar-refractivity contribution in [2.24, 2.45) is 5.92 Å². The Hall–Kier alpha value is -2.84. The summed E-state index contributed by atoms with van der Waals surface area (Å²) in [7, 11) is -2.32. The molecule has 0 saturated carbocycles. The number of carbonyl (C=O) groups is 1. The summed E-state index contributed by atoms with van der Waals surface area (Å²) in [5.41, 5.74) is -1.45. The number of nitrogens with zero attached hydrogens (tertiary/aromatic N) is 3. The zero-order chi connectivity index (χ0) is 25.3. The van der Waals surface area contributed by atoms with E-state index in [9.17, 15) is 24.8 Å². The molecule has 0 amide bonds. The van der Waals surface area contributed by atoms with Crippen LogP contribution in [0.5, 0.6) is 0 Å². The molecule has 1 aliphatic heterocycles. The molecule has 0 spiro atoms. The van der Waals surface area contributed by atoms with E-state index in [2.05, 4.69) is 39.9 Å². The van der Waals surface area contributed by atoms with Gasteiger partial charge in [0.15, 0.2) is 8.32 Å². The van der Waals surface area contributed by atoms with Gasteiger partial charge in [-0.25, -0.2) is 4.79 Å².